The first-order valence-electron chi connectivity index (χ1n) is 8.09. The van der Waals surface area contributed by atoms with Crippen LogP contribution in [0.15, 0.2) is 29.2 Å². The lowest BCUT2D eigenvalue weighted by atomic mass is 10.2. The molecule has 0 spiro atoms. The van der Waals surface area contributed by atoms with Crippen molar-refractivity contribution >= 4 is 26.2 Å². The minimum absolute atomic E-state index is 0.102. The third-order valence-corrected chi connectivity index (χ3v) is 9.50. The summed E-state index contributed by atoms with van der Waals surface area (Å²) in [4.78, 5) is 12.3. The Hall–Kier alpha value is -0.850. The number of unbranched alkanes of at least 4 members (excludes halogenated alkanes) is 1. The quantitative estimate of drug-likeness (QED) is 0.627. The van der Waals surface area contributed by atoms with Gasteiger partial charge in [-0.25, -0.2) is 3.63 Å². The van der Waals surface area contributed by atoms with Crippen molar-refractivity contribution in [3.05, 3.63) is 29.8 Å². The first kappa shape index (κ1) is 20.2. The van der Waals surface area contributed by atoms with E-state index in [0.717, 1.165) is 18.4 Å². The summed E-state index contributed by atoms with van der Waals surface area (Å²) in [5.41, 5.74) is 0.989. The smallest absolute Gasteiger partial charge is 0.299 e. The van der Waals surface area contributed by atoms with E-state index in [1.54, 1.807) is 24.3 Å². The highest BCUT2D eigenvalue weighted by molar-refractivity contribution is 8.33. The minimum Gasteiger partial charge on any atom is -0.299 e. The van der Waals surface area contributed by atoms with Crippen molar-refractivity contribution in [1.29, 1.82) is 0 Å². The van der Waals surface area contributed by atoms with Gasteiger partial charge in [-0.1, -0.05) is 44.9 Å². The molecular formula is C17H28O4S2. The zero-order valence-corrected chi connectivity index (χ0v) is 16.1. The molecule has 0 unspecified atom stereocenters. The Morgan fingerprint density at radius 2 is 1.61 bits per heavy atom. The van der Waals surface area contributed by atoms with Crippen molar-refractivity contribution in [2.75, 3.05) is 17.3 Å². The van der Waals surface area contributed by atoms with Crippen LogP contribution in [0.3, 0.4) is 0 Å². The maximum Gasteiger partial charge on any atom is 0.306 e. The lowest BCUT2D eigenvalue weighted by Gasteiger charge is -2.35. The fraction of sp³-hybridized carbons (Fsp3) is 0.588. The molecule has 132 valence electrons. The van der Waals surface area contributed by atoms with E-state index in [1.165, 1.54) is 0 Å². The number of benzene rings is 1. The van der Waals surface area contributed by atoms with Gasteiger partial charge in [0.05, 0.1) is 10.6 Å². The second-order valence-electron chi connectivity index (χ2n) is 5.67. The van der Waals surface area contributed by atoms with E-state index in [0.29, 0.717) is 17.9 Å². The molecule has 23 heavy (non-hydrogen) atoms. The summed E-state index contributed by atoms with van der Waals surface area (Å²) in [7, 11) is -5.80. The fourth-order valence-corrected chi connectivity index (χ4v) is 7.02. The molecule has 0 saturated heterocycles. The van der Waals surface area contributed by atoms with Crippen molar-refractivity contribution in [3.63, 3.8) is 0 Å². The number of ketones is 1. The van der Waals surface area contributed by atoms with Gasteiger partial charge < -0.3 is 0 Å². The predicted octanol–water partition coefficient (Wildman–Crippen LogP) is 4.22. The Morgan fingerprint density at radius 3 is 2.09 bits per heavy atom. The van der Waals surface area contributed by atoms with Crippen molar-refractivity contribution < 1.29 is 16.8 Å². The Bertz CT molecular complexity index is 602. The average Bonchev–Trinajstić information content (AvgIpc) is 2.52. The molecule has 0 aromatic heterocycles. The van der Waals surface area contributed by atoms with E-state index < -0.39 is 20.4 Å². The lowest BCUT2D eigenvalue weighted by molar-refractivity contribution is -0.116. The summed E-state index contributed by atoms with van der Waals surface area (Å²) in [5, 5.41) is 0. The van der Waals surface area contributed by atoms with Crippen molar-refractivity contribution in [2.45, 2.75) is 51.9 Å². The van der Waals surface area contributed by atoms with Crippen LogP contribution in [-0.2, 0) is 18.5 Å². The van der Waals surface area contributed by atoms with Gasteiger partial charge in [0.1, 0.15) is 5.78 Å². The minimum atomic E-state index is -3.84. The van der Waals surface area contributed by atoms with Gasteiger partial charge in [-0.05, 0) is 37.0 Å². The molecular weight excluding hydrogens is 332 g/mol. The van der Waals surface area contributed by atoms with Gasteiger partial charge >= 0.3 is 10.1 Å². The second kappa shape index (κ2) is 8.85. The first-order chi connectivity index (χ1) is 10.8. The zero-order valence-electron chi connectivity index (χ0n) is 14.5. The highest BCUT2D eigenvalue weighted by Gasteiger charge is 2.31. The van der Waals surface area contributed by atoms with Crippen LogP contribution >= 0.6 is 10.3 Å². The van der Waals surface area contributed by atoms with Gasteiger partial charge in [0.2, 0.25) is 0 Å². The number of aryl methyl sites for hydroxylation is 1. The van der Waals surface area contributed by atoms with Crippen LogP contribution < -0.4 is 0 Å². The van der Waals surface area contributed by atoms with Gasteiger partial charge in [0.15, 0.2) is 0 Å². The van der Waals surface area contributed by atoms with Crippen LogP contribution in [0.4, 0.5) is 0 Å². The van der Waals surface area contributed by atoms with Crippen LogP contribution in [0.25, 0.3) is 0 Å². The molecule has 1 aromatic rings. The molecule has 1 aromatic carbocycles. The van der Waals surface area contributed by atoms with Crippen LogP contribution in [0.2, 0.25) is 0 Å². The number of hydrogen-bond donors (Lipinski definition) is 0. The molecule has 0 N–H and O–H groups in total. The highest BCUT2D eigenvalue weighted by Crippen LogP contribution is 2.51. The average molecular weight is 361 g/mol. The Balaban J connectivity index is 2.97. The largest absolute Gasteiger partial charge is 0.306 e. The molecule has 0 bridgehead atoms. The third-order valence-electron chi connectivity index (χ3n) is 3.83. The summed E-state index contributed by atoms with van der Waals surface area (Å²) in [5.74, 6) is 1.45. The normalized spacial score (nSPS) is 13.0. The number of hydrogen-bond acceptors (Lipinski definition) is 4. The Kier molecular flexibility index (Phi) is 7.77. The third kappa shape index (κ3) is 5.94. The topological polar surface area (TPSA) is 60.4 Å². The zero-order chi connectivity index (χ0) is 17.5. The van der Waals surface area contributed by atoms with Gasteiger partial charge in [0, 0.05) is 6.42 Å². The Labute approximate surface area is 142 Å². The number of Topliss-reactive ketones (excluding diaryl/α,β-unsaturated/α-hetero) is 1. The summed E-state index contributed by atoms with van der Waals surface area (Å²) in [6, 6.07) is 6.60. The lowest BCUT2D eigenvalue weighted by Crippen LogP contribution is -2.23. The van der Waals surface area contributed by atoms with E-state index in [2.05, 4.69) is 0 Å². The van der Waals surface area contributed by atoms with E-state index in [4.69, 9.17) is 3.63 Å². The molecule has 6 heteroatoms. The van der Waals surface area contributed by atoms with Crippen LogP contribution in [0.5, 0.6) is 0 Å². The SMILES string of the molecule is CCCCC(=O)CS(CC)(CC)OS(=O)(=O)c1ccc(C)cc1. The predicted molar refractivity (Wildman–Crippen MR) is 97.5 cm³/mol. The maximum atomic E-state index is 12.6. The molecule has 0 heterocycles. The summed E-state index contributed by atoms with van der Waals surface area (Å²) >= 11 is 0. The number of carbonyl (C=O) groups is 1. The van der Waals surface area contributed by atoms with E-state index in [9.17, 15) is 13.2 Å². The van der Waals surface area contributed by atoms with Gasteiger partial charge in [-0.2, -0.15) is 8.42 Å². The molecule has 1 rings (SSSR count). The number of rotatable bonds is 10. The summed E-state index contributed by atoms with van der Waals surface area (Å²) in [6.45, 7) is 7.73. The van der Waals surface area contributed by atoms with E-state index in [-0.39, 0.29) is 16.4 Å². The van der Waals surface area contributed by atoms with Crippen LogP contribution in [-0.4, -0.2) is 31.5 Å². The second-order valence-corrected chi connectivity index (χ2v) is 11.0. The maximum absolute atomic E-state index is 12.6. The van der Waals surface area contributed by atoms with Crippen molar-refractivity contribution in [3.8, 4) is 0 Å². The highest BCUT2D eigenvalue weighted by atomic mass is 32.3. The first-order valence-corrected chi connectivity index (χ1v) is 11.6. The molecule has 4 nitrogen and oxygen atoms in total. The molecule has 0 aliphatic heterocycles. The molecule has 0 amide bonds. The van der Waals surface area contributed by atoms with Crippen molar-refractivity contribution in [1.82, 2.24) is 0 Å². The van der Waals surface area contributed by atoms with Crippen LogP contribution in [0, 0.1) is 6.92 Å². The standard InChI is InChI=1S/C17H28O4S2/c1-5-8-9-16(18)14-22(6-2,7-3)21-23(19,20)17-12-10-15(4)11-13-17/h10-13H,5-9,14H2,1-4H3. The Morgan fingerprint density at radius 1 is 1.04 bits per heavy atom. The van der Waals surface area contributed by atoms with Gasteiger partial charge in [-0.15, -0.1) is 10.3 Å². The fourth-order valence-electron chi connectivity index (χ4n) is 2.20. The van der Waals surface area contributed by atoms with Gasteiger partial charge in [-0.3, -0.25) is 4.79 Å². The molecule has 0 saturated carbocycles. The van der Waals surface area contributed by atoms with E-state index >= 15 is 0 Å². The molecule has 0 aliphatic rings. The molecule has 0 fully saturated rings. The molecule has 0 radical (unpaired) electrons. The van der Waals surface area contributed by atoms with Gasteiger partial charge in [0.25, 0.3) is 0 Å². The molecule has 0 atom stereocenters. The molecule has 0 aliphatic carbocycles. The van der Waals surface area contributed by atoms with Crippen molar-refractivity contribution in [2.24, 2.45) is 0 Å². The number of carbonyl (C=O) groups excluding carboxylic acids is 1. The van der Waals surface area contributed by atoms with E-state index in [1.807, 2.05) is 27.7 Å². The summed E-state index contributed by atoms with van der Waals surface area (Å²) in [6.07, 6.45) is 2.29. The monoisotopic (exact) mass is 360 g/mol. The van der Waals surface area contributed by atoms with Crippen LogP contribution in [0.1, 0.15) is 45.6 Å². The summed E-state index contributed by atoms with van der Waals surface area (Å²) < 4.78 is 30.8.